The summed E-state index contributed by atoms with van der Waals surface area (Å²) in [6, 6.07) is 0. The molecule has 1 unspecified atom stereocenters. The summed E-state index contributed by atoms with van der Waals surface area (Å²) in [6.45, 7) is 10.5. The fraction of sp³-hybridized carbons (Fsp3) is 0.750. The molecule has 94 valence electrons. The lowest BCUT2D eigenvalue weighted by atomic mass is 10.2. The second-order valence-corrected chi connectivity index (χ2v) is 3.55. The van der Waals surface area contributed by atoms with Crippen molar-refractivity contribution in [3.8, 4) is 0 Å². The second-order valence-electron chi connectivity index (χ2n) is 3.55. The molecule has 0 spiro atoms. The van der Waals surface area contributed by atoms with Gasteiger partial charge in [0.2, 0.25) is 0 Å². The van der Waals surface area contributed by atoms with Crippen molar-refractivity contribution in [2.45, 2.75) is 20.3 Å². The summed E-state index contributed by atoms with van der Waals surface area (Å²) in [4.78, 5) is 11.2. The molecule has 0 amide bonds. The molecule has 1 N–H and O–H groups in total. The molecule has 0 aromatic rings. The van der Waals surface area contributed by atoms with Crippen LogP contribution in [0.1, 0.15) is 20.3 Å². The number of esters is 1. The van der Waals surface area contributed by atoms with Gasteiger partial charge in [0, 0.05) is 13.1 Å². The molecule has 0 rings (SSSR count). The third kappa shape index (κ3) is 8.44. The van der Waals surface area contributed by atoms with E-state index in [1.807, 2.05) is 19.9 Å². The van der Waals surface area contributed by atoms with Gasteiger partial charge in [0.1, 0.15) is 0 Å². The van der Waals surface area contributed by atoms with Gasteiger partial charge in [-0.3, -0.25) is 4.79 Å². The van der Waals surface area contributed by atoms with E-state index in [2.05, 4.69) is 11.9 Å². The van der Waals surface area contributed by atoms with E-state index >= 15 is 0 Å². The minimum atomic E-state index is -0.150. The minimum Gasteiger partial charge on any atom is -0.466 e. The quantitative estimate of drug-likeness (QED) is 0.349. The molecule has 0 radical (unpaired) electrons. The molecule has 0 aromatic heterocycles. The Balaban J connectivity index is 3.30. The average Bonchev–Trinajstić information content (AvgIpc) is 2.28. The van der Waals surface area contributed by atoms with E-state index < -0.39 is 0 Å². The van der Waals surface area contributed by atoms with Gasteiger partial charge in [0.05, 0.1) is 25.7 Å². The van der Waals surface area contributed by atoms with Gasteiger partial charge in [-0.15, -0.1) is 6.58 Å². The first-order valence-corrected chi connectivity index (χ1v) is 5.78. The first-order chi connectivity index (χ1) is 7.72. The van der Waals surface area contributed by atoms with Crippen molar-refractivity contribution in [2.24, 2.45) is 5.92 Å². The normalized spacial score (nSPS) is 12.1. The Hall–Kier alpha value is -0.870. The first kappa shape index (κ1) is 15.1. The standard InChI is InChI=1S/C12H23NO3/c1-4-6-8-15-9-7-13-10-11(3)12(14)16-5-2/h4,11,13H,1,5-10H2,2-3H3. The van der Waals surface area contributed by atoms with Gasteiger partial charge in [0.15, 0.2) is 0 Å². The largest absolute Gasteiger partial charge is 0.466 e. The highest BCUT2D eigenvalue weighted by molar-refractivity contribution is 5.72. The van der Waals surface area contributed by atoms with E-state index in [4.69, 9.17) is 9.47 Å². The van der Waals surface area contributed by atoms with Crippen LogP contribution in [0.25, 0.3) is 0 Å². The molecule has 0 aliphatic rings. The fourth-order valence-corrected chi connectivity index (χ4v) is 1.10. The topological polar surface area (TPSA) is 47.6 Å². The van der Waals surface area contributed by atoms with Crippen LogP contribution in [-0.4, -0.2) is 38.9 Å². The van der Waals surface area contributed by atoms with Gasteiger partial charge >= 0.3 is 5.97 Å². The molecule has 0 fully saturated rings. The lowest BCUT2D eigenvalue weighted by Gasteiger charge is -2.11. The van der Waals surface area contributed by atoms with Gasteiger partial charge in [-0.25, -0.2) is 0 Å². The molecule has 0 heterocycles. The number of rotatable bonds is 10. The van der Waals surface area contributed by atoms with Gasteiger partial charge in [-0.1, -0.05) is 13.0 Å². The van der Waals surface area contributed by atoms with Crippen LogP contribution < -0.4 is 5.32 Å². The van der Waals surface area contributed by atoms with Crippen molar-refractivity contribution >= 4 is 5.97 Å². The number of carbonyl (C=O) groups is 1. The van der Waals surface area contributed by atoms with Crippen molar-refractivity contribution in [1.82, 2.24) is 5.32 Å². The van der Waals surface area contributed by atoms with Crippen molar-refractivity contribution < 1.29 is 14.3 Å². The molecule has 0 aliphatic carbocycles. The van der Waals surface area contributed by atoms with Crippen LogP contribution in [-0.2, 0) is 14.3 Å². The monoisotopic (exact) mass is 229 g/mol. The number of nitrogens with one attached hydrogen (secondary N) is 1. The highest BCUT2D eigenvalue weighted by Crippen LogP contribution is 1.96. The lowest BCUT2D eigenvalue weighted by molar-refractivity contribution is -0.147. The molecule has 4 heteroatoms. The summed E-state index contributed by atoms with van der Waals surface area (Å²) in [5.74, 6) is -0.254. The molecule has 0 saturated heterocycles. The van der Waals surface area contributed by atoms with Crippen molar-refractivity contribution in [3.05, 3.63) is 12.7 Å². The van der Waals surface area contributed by atoms with E-state index in [-0.39, 0.29) is 11.9 Å². The van der Waals surface area contributed by atoms with E-state index in [0.717, 1.165) is 13.0 Å². The zero-order chi connectivity index (χ0) is 12.2. The van der Waals surface area contributed by atoms with Crippen molar-refractivity contribution in [3.63, 3.8) is 0 Å². The Kier molecular flexibility index (Phi) is 10.1. The van der Waals surface area contributed by atoms with E-state index in [9.17, 15) is 4.79 Å². The van der Waals surface area contributed by atoms with E-state index in [1.54, 1.807) is 0 Å². The first-order valence-electron chi connectivity index (χ1n) is 5.78. The Labute approximate surface area is 98.0 Å². The minimum absolute atomic E-state index is 0.104. The zero-order valence-corrected chi connectivity index (χ0v) is 10.3. The van der Waals surface area contributed by atoms with Crippen LogP contribution in [0.4, 0.5) is 0 Å². The maximum atomic E-state index is 11.2. The Morgan fingerprint density at radius 2 is 2.25 bits per heavy atom. The molecule has 0 saturated carbocycles. The summed E-state index contributed by atoms with van der Waals surface area (Å²) >= 11 is 0. The van der Waals surface area contributed by atoms with Crippen molar-refractivity contribution in [2.75, 3.05) is 32.9 Å². The summed E-state index contributed by atoms with van der Waals surface area (Å²) < 4.78 is 10.2. The van der Waals surface area contributed by atoms with Crippen LogP contribution in [0.5, 0.6) is 0 Å². The van der Waals surface area contributed by atoms with Crippen LogP contribution in [0.2, 0.25) is 0 Å². The van der Waals surface area contributed by atoms with E-state index in [1.165, 1.54) is 0 Å². The third-order valence-corrected chi connectivity index (χ3v) is 2.03. The Morgan fingerprint density at radius 1 is 1.50 bits per heavy atom. The summed E-state index contributed by atoms with van der Waals surface area (Å²) in [7, 11) is 0. The Morgan fingerprint density at radius 3 is 2.88 bits per heavy atom. The highest BCUT2D eigenvalue weighted by Gasteiger charge is 2.12. The summed E-state index contributed by atoms with van der Waals surface area (Å²) in [5, 5.41) is 3.15. The molecule has 4 nitrogen and oxygen atoms in total. The zero-order valence-electron chi connectivity index (χ0n) is 10.3. The molecule has 0 aromatic carbocycles. The summed E-state index contributed by atoms with van der Waals surface area (Å²) in [5.41, 5.74) is 0. The molecular formula is C12H23NO3. The molecule has 0 bridgehead atoms. The summed E-state index contributed by atoms with van der Waals surface area (Å²) in [6.07, 6.45) is 2.70. The highest BCUT2D eigenvalue weighted by atomic mass is 16.5. The van der Waals surface area contributed by atoms with Crippen molar-refractivity contribution in [1.29, 1.82) is 0 Å². The van der Waals surface area contributed by atoms with Crippen LogP contribution in [0.15, 0.2) is 12.7 Å². The SMILES string of the molecule is C=CCCOCCNCC(C)C(=O)OCC. The smallest absolute Gasteiger partial charge is 0.309 e. The van der Waals surface area contributed by atoms with Gasteiger partial charge < -0.3 is 14.8 Å². The molecule has 1 atom stereocenters. The number of hydrogen-bond acceptors (Lipinski definition) is 4. The number of ether oxygens (including phenoxy) is 2. The second kappa shape index (κ2) is 10.6. The molecule has 16 heavy (non-hydrogen) atoms. The van der Waals surface area contributed by atoms with E-state index in [0.29, 0.717) is 26.4 Å². The molecule has 0 aliphatic heterocycles. The lowest BCUT2D eigenvalue weighted by Crippen LogP contribution is -2.30. The molecular weight excluding hydrogens is 206 g/mol. The van der Waals surface area contributed by atoms with Crippen LogP contribution >= 0.6 is 0 Å². The number of carbonyl (C=O) groups excluding carboxylic acids is 1. The predicted octanol–water partition coefficient (Wildman–Crippen LogP) is 1.37. The van der Waals surface area contributed by atoms with Gasteiger partial charge in [-0.05, 0) is 13.3 Å². The fourth-order valence-electron chi connectivity index (χ4n) is 1.10. The number of hydrogen-bond donors (Lipinski definition) is 1. The van der Waals surface area contributed by atoms with Crippen LogP contribution in [0.3, 0.4) is 0 Å². The van der Waals surface area contributed by atoms with Gasteiger partial charge in [-0.2, -0.15) is 0 Å². The van der Waals surface area contributed by atoms with Crippen LogP contribution in [0, 0.1) is 5.92 Å². The van der Waals surface area contributed by atoms with Gasteiger partial charge in [0.25, 0.3) is 0 Å². The predicted molar refractivity (Wildman–Crippen MR) is 64.3 cm³/mol. The third-order valence-electron chi connectivity index (χ3n) is 2.03. The maximum Gasteiger partial charge on any atom is 0.309 e. The Bertz CT molecular complexity index is 195. The maximum absolute atomic E-state index is 11.2. The average molecular weight is 229 g/mol.